The topological polar surface area (TPSA) is 9.23 Å². The van der Waals surface area contributed by atoms with E-state index in [-0.39, 0.29) is 0 Å². The molecule has 1 nitrogen and oxygen atoms in total. The molecule has 0 aromatic carbocycles. The normalized spacial score (nSPS) is 26.6. The molecular weight excluding hydrogens is 100 g/mol. The van der Waals surface area contributed by atoms with E-state index in [2.05, 4.69) is 19.9 Å². The van der Waals surface area contributed by atoms with Gasteiger partial charge in [-0.3, -0.25) is 0 Å². The van der Waals surface area contributed by atoms with Crippen molar-refractivity contribution < 1.29 is 4.74 Å². The van der Waals surface area contributed by atoms with Gasteiger partial charge < -0.3 is 4.74 Å². The zero-order chi connectivity index (χ0) is 5.98. The molecular formula is C7H12O. The molecule has 0 aromatic heterocycles. The predicted molar refractivity (Wildman–Crippen MR) is 33.4 cm³/mol. The zero-order valence-corrected chi connectivity index (χ0v) is 5.42. The van der Waals surface area contributed by atoms with Crippen molar-refractivity contribution in [3.63, 3.8) is 0 Å². The van der Waals surface area contributed by atoms with Crippen LogP contribution < -0.4 is 0 Å². The van der Waals surface area contributed by atoms with E-state index < -0.39 is 0 Å². The van der Waals surface area contributed by atoms with Gasteiger partial charge in [-0.2, -0.15) is 0 Å². The molecule has 1 heterocycles. The van der Waals surface area contributed by atoms with E-state index in [9.17, 15) is 0 Å². The molecule has 0 N–H and O–H groups in total. The van der Waals surface area contributed by atoms with Gasteiger partial charge in [0.2, 0.25) is 0 Å². The van der Waals surface area contributed by atoms with Crippen molar-refractivity contribution in [1.29, 1.82) is 0 Å². The van der Waals surface area contributed by atoms with E-state index in [1.165, 1.54) is 0 Å². The Bertz CT molecular complexity index is 94.6. The Kier molecular flexibility index (Phi) is 1.56. The largest absolute Gasteiger partial charge is 0.501 e. The minimum atomic E-state index is 0.662. The lowest BCUT2D eigenvalue weighted by Gasteiger charge is -2.08. The van der Waals surface area contributed by atoms with Gasteiger partial charge >= 0.3 is 0 Å². The fraction of sp³-hybridized carbons (Fsp3) is 0.714. The fourth-order valence-electron chi connectivity index (χ4n) is 0.793. The van der Waals surface area contributed by atoms with Crippen LogP contribution >= 0.6 is 0 Å². The third-order valence-corrected chi connectivity index (χ3v) is 1.57. The predicted octanol–water partition coefficient (Wildman–Crippen LogP) is 1.80. The maximum absolute atomic E-state index is 5.04. The summed E-state index contributed by atoms with van der Waals surface area (Å²) in [4.78, 5) is 0. The first-order valence-corrected chi connectivity index (χ1v) is 3.09. The molecule has 1 aliphatic heterocycles. The summed E-state index contributed by atoms with van der Waals surface area (Å²) < 4.78 is 5.04. The minimum Gasteiger partial charge on any atom is -0.501 e. The van der Waals surface area contributed by atoms with Crippen molar-refractivity contribution in [2.45, 2.75) is 13.8 Å². The molecule has 0 radical (unpaired) electrons. The van der Waals surface area contributed by atoms with Crippen LogP contribution in [0.2, 0.25) is 0 Å². The van der Waals surface area contributed by atoms with Crippen LogP contribution in [0.5, 0.6) is 0 Å². The van der Waals surface area contributed by atoms with Crippen LogP contribution in [0.25, 0.3) is 0 Å². The maximum atomic E-state index is 5.04. The second kappa shape index (κ2) is 2.21. The van der Waals surface area contributed by atoms with Gasteiger partial charge in [-0.1, -0.05) is 13.8 Å². The van der Waals surface area contributed by atoms with Crippen LogP contribution in [-0.2, 0) is 4.74 Å². The van der Waals surface area contributed by atoms with Crippen LogP contribution in [0.3, 0.4) is 0 Å². The summed E-state index contributed by atoms with van der Waals surface area (Å²) in [6, 6.07) is 0. The first kappa shape index (κ1) is 5.67. The van der Waals surface area contributed by atoms with Crippen molar-refractivity contribution in [1.82, 2.24) is 0 Å². The number of hydrogen-bond acceptors (Lipinski definition) is 1. The van der Waals surface area contributed by atoms with Crippen molar-refractivity contribution in [2.75, 3.05) is 6.61 Å². The van der Waals surface area contributed by atoms with Crippen molar-refractivity contribution >= 4 is 0 Å². The van der Waals surface area contributed by atoms with Gasteiger partial charge in [0.05, 0.1) is 12.9 Å². The van der Waals surface area contributed by atoms with Crippen molar-refractivity contribution in [3.05, 3.63) is 12.3 Å². The second-order valence-corrected chi connectivity index (χ2v) is 2.57. The molecule has 1 heteroatoms. The Morgan fingerprint density at radius 3 is 2.62 bits per heavy atom. The lowest BCUT2D eigenvalue weighted by molar-refractivity contribution is 0.226. The molecule has 0 bridgehead atoms. The summed E-state index contributed by atoms with van der Waals surface area (Å²) in [5, 5.41) is 0. The molecule has 1 rings (SSSR count). The van der Waals surface area contributed by atoms with Crippen LogP contribution in [0.15, 0.2) is 12.3 Å². The third kappa shape index (κ3) is 1.03. The molecule has 46 valence electrons. The van der Waals surface area contributed by atoms with Gasteiger partial charge in [-0.05, 0) is 12.0 Å². The van der Waals surface area contributed by atoms with E-state index in [0.717, 1.165) is 12.5 Å². The molecule has 0 saturated heterocycles. The van der Waals surface area contributed by atoms with Crippen LogP contribution in [0.4, 0.5) is 0 Å². The molecule has 1 unspecified atom stereocenters. The highest BCUT2D eigenvalue weighted by Crippen LogP contribution is 2.17. The third-order valence-electron chi connectivity index (χ3n) is 1.57. The van der Waals surface area contributed by atoms with Crippen LogP contribution in [0.1, 0.15) is 13.8 Å². The smallest absolute Gasteiger partial charge is 0.0939 e. The molecule has 8 heavy (non-hydrogen) atoms. The Hall–Kier alpha value is -0.460. The average molecular weight is 112 g/mol. The number of rotatable bonds is 1. The Balaban J connectivity index is 2.36. The van der Waals surface area contributed by atoms with E-state index in [0.29, 0.717) is 5.92 Å². The Labute approximate surface area is 50.3 Å². The molecule has 1 atom stereocenters. The summed E-state index contributed by atoms with van der Waals surface area (Å²) in [7, 11) is 0. The van der Waals surface area contributed by atoms with E-state index in [1.54, 1.807) is 6.26 Å². The average Bonchev–Trinajstić information content (AvgIpc) is 2.12. The lowest BCUT2D eigenvalue weighted by Crippen LogP contribution is -2.06. The molecule has 0 amide bonds. The first-order valence-electron chi connectivity index (χ1n) is 3.09. The molecule has 0 spiro atoms. The van der Waals surface area contributed by atoms with Crippen LogP contribution in [0, 0.1) is 11.8 Å². The van der Waals surface area contributed by atoms with E-state index in [1.807, 2.05) is 0 Å². The summed E-state index contributed by atoms with van der Waals surface area (Å²) in [6.45, 7) is 5.31. The lowest BCUT2D eigenvalue weighted by atomic mass is 9.98. The molecule has 0 aliphatic carbocycles. The number of ether oxygens (including phenoxy) is 1. The highest BCUT2D eigenvalue weighted by molar-refractivity contribution is 4.90. The SMILES string of the molecule is CC(C)C1C=COC1. The van der Waals surface area contributed by atoms with Crippen LogP contribution in [-0.4, -0.2) is 6.61 Å². The quantitative estimate of drug-likeness (QED) is 0.502. The van der Waals surface area contributed by atoms with Gasteiger partial charge in [0.25, 0.3) is 0 Å². The van der Waals surface area contributed by atoms with Gasteiger partial charge in [-0.25, -0.2) is 0 Å². The molecule has 0 fully saturated rings. The van der Waals surface area contributed by atoms with Gasteiger partial charge in [0.15, 0.2) is 0 Å². The minimum absolute atomic E-state index is 0.662. The highest BCUT2D eigenvalue weighted by atomic mass is 16.5. The van der Waals surface area contributed by atoms with Crippen molar-refractivity contribution in [3.8, 4) is 0 Å². The van der Waals surface area contributed by atoms with Gasteiger partial charge in [-0.15, -0.1) is 0 Å². The maximum Gasteiger partial charge on any atom is 0.0939 e. The van der Waals surface area contributed by atoms with Gasteiger partial charge in [0.1, 0.15) is 0 Å². The monoisotopic (exact) mass is 112 g/mol. The first-order chi connectivity index (χ1) is 3.80. The Morgan fingerprint density at radius 2 is 2.38 bits per heavy atom. The Morgan fingerprint density at radius 1 is 1.62 bits per heavy atom. The molecule has 0 saturated carbocycles. The fourth-order valence-corrected chi connectivity index (χ4v) is 0.793. The summed E-state index contributed by atoms with van der Waals surface area (Å²) in [5.41, 5.74) is 0. The zero-order valence-electron chi connectivity index (χ0n) is 5.42. The molecule has 0 aromatic rings. The standard InChI is InChI=1S/C7H12O/c1-6(2)7-3-4-8-5-7/h3-4,6-7H,5H2,1-2H3. The van der Waals surface area contributed by atoms with Gasteiger partial charge in [0, 0.05) is 5.92 Å². The number of hydrogen-bond donors (Lipinski definition) is 0. The molecule has 1 aliphatic rings. The van der Waals surface area contributed by atoms with E-state index in [4.69, 9.17) is 4.74 Å². The van der Waals surface area contributed by atoms with Crippen molar-refractivity contribution in [2.24, 2.45) is 11.8 Å². The summed E-state index contributed by atoms with van der Waals surface area (Å²) in [5.74, 6) is 1.39. The highest BCUT2D eigenvalue weighted by Gasteiger charge is 2.13. The second-order valence-electron chi connectivity index (χ2n) is 2.57. The summed E-state index contributed by atoms with van der Waals surface area (Å²) >= 11 is 0. The van der Waals surface area contributed by atoms with E-state index >= 15 is 0 Å². The summed E-state index contributed by atoms with van der Waals surface area (Å²) in [6.07, 6.45) is 3.93.